The molecular weight excluding hydrogens is 370 g/mol. The Kier molecular flexibility index (Phi) is 6.34. The van der Waals surface area contributed by atoms with Gasteiger partial charge in [0.15, 0.2) is 0 Å². The monoisotopic (exact) mass is 395 g/mol. The molecule has 1 fully saturated rings. The lowest BCUT2D eigenvalue weighted by molar-refractivity contribution is -0.140. The number of hydrogen-bond acceptors (Lipinski definition) is 5. The number of nitrogens with zero attached hydrogens (tertiary/aromatic N) is 1. The van der Waals surface area contributed by atoms with Crippen LogP contribution >= 0.6 is 0 Å². The summed E-state index contributed by atoms with van der Waals surface area (Å²) in [6.45, 7) is 4.82. The normalized spacial score (nSPS) is 18.3. The van der Waals surface area contributed by atoms with E-state index in [2.05, 4.69) is 0 Å². The summed E-state index contributed by atoms with van der Waals surface area (Å²) in [6, 6.07) is 13.8. The Labute approximate surface area is 170 Å². The van der Waals surface area contributed by atoms with Crippen molar-refractivity contribution in [2.45, 2.75) is 19.9 Å². The lowest BCUT2D eigenvalue weighted by Gasteiger charge is -2.25. The predicted molar refractivity (Wildman–Crippen MR) is 110 cm³/mol. The minimum atomic E-state index is -0.702. The van der Waals surface area contributed by atoms with E-state index in [1.807, 2.05) is 38.1 Å². The van der Waals surface area contributed by atoms with Gasteiger partial charge in [-0.25, -0.2) is 0 Å². The maximum absolute atomic E-state index is 12.9. The molecule has 1 atom stereocenters. The van der Waals surface area contributed by atoms with E-state index < -0.39 is 17.7 Å². The molecule has 0 radical (unpaired) electrons. The number of aliphatic hydroxyl groups excluding tert-OH is 1. The molecule has 3 rings (SSSR count). The van der Waals surface area contributed by atoms with Crippen molar-refractivity contribution >= 4 is 17.4 Å². The Morgan fingerprint density at radius 3 is 2.59 bits per heavy atom. The average molecular weight is 395 g/mol. The molecular formula is C23H25NO5. The summed E-state index contributed by atoms with van der Waals surface area (Å²) in [7, 11) is 1.54. The van der Waals surface area contributed by atoms with Gasteiger partial charge in [-0.3, -0.25) is 9.59 Å². The van der Waals surface area contributed by atoms with Gasteiger partial charge in [0.1, 0.15) is 11.5 Å². The third-order valence-electron chi connectivity index (χ3n) is 4.85. The maximum atomic E-state index is 12.9. The summed E-state index contributed by atoms with van der Waals surface area (Å²) < 4.78 is 10.6. The smallest absolute Gasteiger partial charge is 0.295 e. The molecule has 1 N–H and O–H groups in total. The topological polar surface area (TPSA) is 76.1 Å². The van der Waals surface area contributed by atoms with Crippen molar-refractivity contribution < 1.29 is 24.2 Å². The first-order valence-corrected chi connectivity index (χ1v) is 9.55. The van der Waals surface area contributed by atoms with Gasteiger partial charge in [-0.15, -0.1) is 0 Å². The van der Waals surface area contributed by atoms with E-state index in [-0.39, 0.29) is 24.5 Å². The molecule has 29 heavy (non-hydrogen) atoms. The number of aliphatic hydroxyl groups is 1. The van der Waals surface area contributed by atoms with Gasteiger partial charge in [-0.05, 0) is 31.5 Å². The lowest BCUT2D eigenvalue weighted by atomic mass is 9.94. The van der Waals surface area contributed by atoms with Crippen molar-refractivity contribution in [1.29, 1.82) is 0 Å². The number of aryl methyl sites for hydroxylation is 1. The van der Waals surface area contributed by atoms with Crippen LogP contribution in [0.3, 0.4) is 0 Å². The highest BCUT2D eigenvalue weighted by Crippen LogP contribution is 2.39. The molecule has 152 valence electrons. The molecule has 1 aliphatic rings. The van der Waals surface area contributed by atoms with Gasteiger partial charge in [-0.1, -0.05) is 42.0 Å². The predicted octanol–water partition coefficient (Wildman–Crippen LogP) is 3.46. The van der Waals surface area contributed by atoms with Crippen LogP contribution < -0.4 is 4.74 Å². The van der Waals surface area contributed by atoms with Crippen molar-refractivity contribution in [3.05, 3.63) is 70.8 Å². The number of ketones is 1. The number of hydrogen-bond donors (Lipinski definition) is 1. The van der Waals surface area contributed by atoms with Crippen LogP contribution in [0.4, 0.5) is 0 Å². The van der Waals surface area contributed by atoms with E-state index in [1.54, 1.807) is 24.3 Å². The van der Waals surface area contributed by atoms with E-state index in [9.17, 15) is 14.7 Å². The van der Waals surface area contributed by atoms with Gasteiger partial charge in [0.25, 0.3) is 11.7 Å². The number of amides is 1. The van der Waals surface area contributed by atoms with Crippen LogP contribution in [0.5, 0.6) is 5.75 Å². The fourth-order valence-corrected chi connectivity index (χ4v) is 3.54. The van der Waals surface area contributed by atoms with E-state index in [1.165, 1.54) is 12.0 Å². The molecule has 0 saturated carbocycles. The number of Topliss-reactive ketones (excluding diaryl/α,β-unsaturated/α-hetero) is 1. The molecule has 1 aliphatic heterocycles. The molecule has 1 amide bonds. The van der Waals surface area contributed by atoms with Crippen LogP contribution in [0.2, 0.25) is 0 Å². The molecule has 1 saturated heterocycles. The standard InChI is InChI=1S/C23H25NO5/c1-4-29-18-10-6-9-17(14-18)21(25)19-20(16-8-5-7-15(2)13-16)24(11-12-28-3)23(27)22(19)26/h5-10,13-14,20,25H,4,11-12H2,1-3H3/b21-19-. The van der Waals surface area contributed by atoms with Crippen LogP contribution in [0.25, 0.3) is 5.76 Å². The highest BCUT2D eigenvalue weighted by molar-refractivity contribution is 6.46. The fourth-order valence-electron chi connectivity index (χ4n) is 3.54. The van der Waals surface area contributed by atoms with Gasteiger partial charge in [0.05, 0.1) is 24.8 Å². The molecule has 1 heterocycles. The quantitative estimate of drug-likeness (QED) is 0.441. The minimum absolute atomic E-state index is 0.0744. The summed E-state index contributed by atoms with van der Waals surface area (Å²) in [5.74, 6) is -0.975. The number of methoxy groups -OCH3 is 1. The van der Waals surface area contributed by atoms with Crippen LogP contribution in [0.1, 0.15) is 29.7 Å². The highest BCUT2D eigenvalue weighted by atomic mass is 16.5. The third kappa shape index (κ3) is 4.17. The second kappa shape index (κ2) is 8.92. The van der Waals surface area contributed by atoms with Crippen molar-refractivity contribution in [3.63, 3.8) is 0 Å². The Balaban J connectivity index is 2.15. The molecule has 0 aliphatic carbocycles. The molecule has 0 aromatic heterocycles. The summed E-state index contributed by atoms with van der Waals surface area (Å²) in [5.41, 5.74) is 2.27. The highest BCUT2D eigenvalue weighted by Gasteiger charge is 2.45. The van der Waals surface area contributed by atoms with Crippen LogP contribution in [-0.4, -0.2) is 48.6 Å². The summed E-state index contributed by atoms with van der Waals surface area (Å²) in [4.78, 5) is 27.1. The summed E-state index contributed by atoms with van der Waals surface area (Å²) in [5, 5.41) is 11.0. The van der Waals surface area contributed by atoms with Crippen molar-refractivity contribution in [2.75, 3.05) is 26.9 Å². The van der Waals surface area contributed by atoms with Crippen molar-refractivity contribution in [3.8, 4) is 5.75 Å². The van der Waals surface area contributed by atoms with Crippen molar-refractivity contribution in [2.24, 2.45) is 0 Å². The number of benzene rings is 2. The molecule has 6 heteroatoms. The van der Waals surface area contributed by atoms with Crippen molar-refractivity contribution in [1.82, 2.24) is 4.90 Å². The second-order valence-electron chi connectivity index (χ2n) is 6.86. The van der Waals surface area contributed by atoms with E-state index >= 15 is 0 Å². The first-order valence-electron chi connectivity index (χ1n) is 9.55. The largest absolute Gasteiger partial charge is 0.507 e. The van der Waals surface area contributed by atoms with Gasteiger partial charge in [-0.2, -0.15) is 0 Å². The average Bonchev–Trinajstić information content (AvgIpc) is 2.97. The summed E-state index contributed by atoms with van der Waals surface area (Å²) >= 11 is 0. The number of carbonyl (C=O) groups excluding carboxylic acids is 2. The van der Waals surface area contributed by atoms with Crippen LogP contribution in [-0.2, 0) is 14.3 Å². The molecule has 0 bridgehead atoms. The van der Waals surface area contributed by atoms with Gasteiger partial charge in [0.2, 0.25) is 0 Å². The summed E-state index contributed by atoms with van der Waals surface area (Å²) in [6.07, 6.45) is 0. The number of carbonyl (C=O) groups is 2. The van der Waals surface area contributed by atoms with E-state index in [0.29, 0.717) is 17.9 Å². The van der Waals surface area contributed by atoms with E-state index in [0.717, 1.165) is 11.1 Å². The molecule has 2 aromatic rings. The minimum Gasteiger partial charge on any atom is -0.507 e. The number of rotatable bonds is 7. The zero-order valence-corrected chi connectivity index (χ0v) is 16.8. The Hall–Kier alpha value is -3.12. The number of likely N-dealkylation sites (tertiary alicyclic amines) is 1. The Morgan fingerprint density at radius 2 is 1.90 bits per heavy atom. The first kappa shape index (κ1) is 20.6. The molecule has 6 nitrogen and oxygen atoms in total. The Bertz CT molecular complexity index is 950. The molecule has 2 aromatic carbocycles. The van der Waals surface area contributed by atoms with Crippen LogP contribution in [0.15, 0.2) is 54.1 Å². The Morgan fingerprint density at radius 1 is 1.14 bits per heavy atom. The lowest BCUT2D eigenvalue weighted by Crippen LogP contribution is -2.32. The SMILES string of the molecule is CCOc1cccc(/C(O)=C2/C(=O)C(=O)N(CCOC)C2c2cccc(C)c2)c1. The molecule has 0 spiro atoms. The van der Waals surface area contributed by atoms with Gasteiger partial charge >= 0.3 is 0 Å². The van der Waals surface area contributed by atoms with E-state index in [4.69, 9.17) is 9.47 Å². The second-order valence-corrected chi connectivity index (χ2v) is 6.86. The first-order chi connectivity index (χ1) is 14.0. The van der Waals surface area contributed by atoms with Crippen LogP contribution in [0, 0.1) is 6.92 Å². The fraction of sp³-hybridized carbons (Fsp3) is 0.304. The van der Waals surface area contributed by atoms with Gasteiger partial charge in [0, 0.05) is 19.2 Å². The zero-order valence-electron chi connectivity index (χ0n) is 16.8. The third-order valence-corrected chi connectivity index (χ3v) is 4.85. The number of ether oxygens (including phenoxy) is 2. The van der Waals surface area contributed by atoms with Gasteiger partial charge < -0.3 is 19.5 Å². The zero-order chi connectivity index (χ0) is 21.0. The maximum Gasteiger partial charge on any atom is 0.295 e. The molecule has 1 unspecified atom stereocenters.